The molecule has 1 saturated heterocycles. The summed E-state index contributed by atoms with van der Waals surface area (Å²) in [5, 5.41) is 5.63. The van der Waals surface area contributed by atoms with Crippen molar-refractivity contribution >= 4 is 16.6 Å². The third-order valence-electron chi connectivity index (χ3n) is 4.94. The van der Waals surface area contributed by atoms with Crippen molar-refractivity contribution in [1.29, 1.82) is 0 Å². The van der Waals surface area contributed by atoms with Crippen LogP contribution >= 0.6 is 0 Å². The fourth-order valence-corrected chi connectivity index (χ4v) is 3.51. The first kappa shape index (κ1) is 15.4. The molecule has 1 unspecified atom stereocenters. The van der Waals surface area contributed by atoms with Crippen LogP contribution in [0.15, 0.2) is 53.1 Å². The van der Waals surface area contributed by atoms with Crippen molar-refractivity contribution < 1.29 is 9.15 Å². The lowest BCUT2D eigenvalue weighted by molar-refractivity contribution is 0.192. The van der Waals surface area contributed by atoms with Crippen molar-refractivity contribution in [3.63, 3.8) is 0 Å². The van der Waals surface area contributed by atoms with Gasteiger partial charge in [-0.15, -0.1) is 5.10 Å². The van der Waals surface area contributed by atoms with E-state index in [0.717, 1.165) is 54.1 Å². The lowest BCUT2D eigenvalue weighted by atomic mass is 10.2. The normalized spacial score (nSPS) is 18.1. The molecule has 1 aromatic carbocycles. The summed E-state index contributed by atoms with van der Waals surface area (Å²) in [6, 6.07) is 13.8. The Hall–Kier alpha value is -2.86. The maximum atomic E-state index is 6.05. The number of para-hydroxylation sites is 1. The van der Waals surface area contributed by atoms with Gasteiger partial charge in [0, 0.05) is 24.5 Å². The summed E-state index contributed by atoms with van der Waals surface area (Å²) in [6.45, 7) is 5.29. The zero-order chi connectivity index (χ0) is 17.5. The van der Waals surface area contributed by atoms with Gasteiger partial charge < -0.3 is 9.15 Å². The first-order valence-electron chi connectivity index (χ1n) is 9.03. The molecule has 1 aliphatic rings. The van der Waals surface area contributed by atoms with Gasteiger partial charge in [0.2, 0.25) is 5.88 Å². The van der Waals surface area contributed by atoms with E-state index in [9.17, 15) is 0 Å². The Kier molecular flexibility index (Phi) is 3.64. The highest BCUT2D eigenvalue weighted by Crippen LogP contribution is 2.27. The van der Waals surface area contributed by atoms with Crippen molar-refractivity contribution in [2.45, 2.75) is 19.4 Å². The number of likely N-dealkylation sites (tertiary alicyclic amines) is 1. The second-order valence-electron chi connectivity index (χ2n) is 6.67. The molecular weight excluding hydrogens is 328 g/mol. The summed E-state index contributed by atoms with van der Waals surface area (Å²) in [6.07, 6.45) is 3.13. The van der Waals surface area contributed by atoms with Crippen LogP contribution < -0.4 is 4.74 Å². The molecule has 6 heteroatoms. The number of nitrogens with zero attached hydrogens (tertiary/aromatic N) is 4. The average Bonchev–Trinajstić information content (AvgIpc) is 3.38. The predicted octanol–water partition coefficient (Wildman–Crippen LogP) is 3.62. The Morgan fingerprint density at radius 3 is 3.00 bits per heavy atom. The number of likely N-dealkylation sites (N-methyl/N-ethyl adjacent to an activating group) is 1. The molecule has 132 valence electrons. The highest BCUT2D eigenvalue weighted by Gasteiger charge is 2.23. The minimum atomic E-state index is 0.207. The van der Waals surface area contributed by atoms with E-state index in [-0.39, 0.29) is 6.10 Å². The molecule has 4 aromatic rings. The van der Waals surface area contributed by atoms with Crippen LogP contribution in [0, 0.1) is 0 Å². The highest BCUT2D eigenvalue weighted by molar-refractivity contribution is 5.82. The molecule has 6 nitrogen and oxygen atoms in total. The Morgan fingerprint density at radius 1 is 1.23 bits per heavy atom. The molecule has 0 amide bonds. The lowest BCUT2D eigenvalue weighted by Gasteiger charge is -2.14. The van der Waals surface area contributed by atoms with Crippen molar-refractivity contribution in [2.24, 2.45) is 0 Å². The minimum Gasteiger partial charge on any atom is -0.472 e. The van der Waals surface area contributed by atoms with Gasteiger partial charge >= 0.3 is 0 Å². The molecule has 0 bridgehead atoms. The smallest absolute Gasteiger partial charge is 0.232 e. The molecule has 4 heterocycles. The number of aromatic nitrogens is 3. The van der Waals surface area contributed by atoms with E-state index in [2.05, 4.69) is 21.9 Å². The van der Waals surface area contributed by atoms with Crippen molar-refractivity contribution in [1.82, 2.24) is 19.5 Å². The number of hydrogen-bond donors (Lipinski definition) is 0. The third kappa shape index (κ3) is 2.72. The molecule has 0 saturated carbocycles. The van der Waals surface area contributed by atoms with Gasteiger partial charge in [-0.05, 0) is 31.2 Å². The molecule has 26 heavy (non-hydrogen) atoms. The van der Waals surface area contributed by atoms with Crippen LogP contribution in [0.2, 0.25) is 0 Å². The van der Waals surface area contributed by atoms with Gasteiger partial charge in [0.15, 0.2) is 11.4 Å². The number of benzene rings is 1. The van der Waals surface area contributed by atoms with Gasteiger partial charge in [0.05, 0.1) is 6.20 Å². The van der Waals surface area contributed by atoms with Crippen LogP contribution in [0.4, 0.5) is 0 Å². The summed E-state index contributed by atoms with van der Waals surface area (Å²) in [5.74, 6) is 1.38. The van der Waals surface area contributed by atoms with Crippen molar-refractivity contribution in [2.75, 3.05) is 19.6 Å². The van der Waals surface area contributed by atoms with E-state index in [1.807, 2.05) is 48.7 Å². The molecule has 3 aromatic heterocycles. The maximum Gasteiger partial charge on any atom is 0.232 e. The summed E-state index contributed by atoms with van der Waals surface area (Å²) < 4.78 is 13.7. The van der Waals surface area contributed by atoms with Gasteiger partial charge in [0.25, 0.3) is 0 Å². The molecular formula is C20H20N4O2. The summed E-state index contributed by atoms with van der Waals surface area (Å²) in [5.41, 5.74) is 2.40. The molecule has 0 N–H and O–H groups in total. The van der Waals surface area contributed by atoms with E-state index in [1.165, 1.54) is 0 Å². The van der Waals surface area contributed by atoms with Crippen molar-refractivity contribution in [3.8, 4) is 17.3 Å². The van der Waals surface area contributed by atoms with E-state index in [1.54, 1.807) is 4.52 Å². The second-order valence-corrected chi connectivity index (χ2v) is 6.67. The summed E-state index contributed by atoms with van der Waals surface area (Å²) >= 11 is 0. The van der Waals surface area contributed by atoms with Crippen molar-refractivity contribution in [3.05, 3.63) is 48.7 Å². The van der Waals surface area contributed by atoms with Gasteiger partial charge in [0.1, 0.15) is 17.4 Å². The first-order valence-corrected chi connectivity index (χ1v) is 9.03. The van der Waals surface area contributed by atoms with Crippen LogP contribution in [0.5, 0.6) is 5.88 Å². The van der Waals surface area contributed by atoms with Gasteiger partial charge in [-0.1, -0.05) is 25.1 Å². The van der Waals surface area contributed by atoms with E-state index < -0.39 is 0 Å². The SMILES string of the molecule is CCN1CCC(Oc2ccc3nc(-c4cc5ccccc5o4)cn3n2)C1. The van der Waals surface area contributed by atoms with E-state index in [0.29, 0.717) is 5.88 Å². The topological polar surface area (TPSA) is 55.8 Å². The Bertz CT molecular complexity index is 1030. The molecule has 0 radical (unpaired) electrons. The maximum absolute atomic E-state index is 6.05. The van der Waals surface area contributed by atoms with E-state index >= 15 is 0 Å². The fraction of sp³-hybridized carbons (Fsp3) is 0.300. The van der Waals surface area contributed by atoms with Crippen LogP contribution in [0.3, 0.4) is 0 Å². The molecule has 0 spiro atoms. The Labute approximate surface area is 151 Å². The largest absolute Gasteiger partial charge is 0.472 e. The number of fused-ring (bicyclic) bond motifs is 2. The molecule has 0 aliphatic carbocycles. The number of hydrogen-bond acceptors (Lipinski definition) is 5. The summed E-state index contributed by atoms with van der Waals surface area (Å²) in [4.78, 5) is 7.01. The fourth-order valence-electron chi connectivity index (χ4n) is 3.51. The van der Waals surface area contributed by atoms with Gasteiger partial charge in [-0.3, -0.25) is 4.90 Å². The second kappa shape index (κ2) is 6.14. The number of imidazole rings is 1. The molecule has 5 rings (SSSR count). The van der Waals surface area contributed by atoms with E-state index in [4.69, 9.17) is 9.15 Å². The summed E-state index contributed by atoms with van der Waals surface area (Å²) in [7, 11) is 0. The highest BCUT2D eigenvalue weighted by atomic mass is 16.5. The molecule has 1 atom stereocenters. The molecule has 1 fully saturated rings. The van der Waals surface area contributed by atoms with Gasteiger partial charge in [-0.2, -0.15) is 0 Å². The average molecular weight is 348 g/mol. The first-order chi connectivity index (χ1) is 12.8. The number of rotatable bonds is 4. The zero-order valence-corrected chi connectivity index (χ0v) is 14.6. The Morgan fingerprint density at radius 2 is 2.15 bits per heavy atom. The standard InChI is InChI=1S/C20H20N4O2/c1-2-23-10-9-15(12-23)25-20-8-7-19-21-16(13-24(19)22-20)18-11-14-5-3-4-6-17(14)26-18/h3-8,11,13,15H,2,9-10,12H2,1H3. The monoisotopic (exact) mass is 348 g/mol. The van der Waals surface area contributed by atoms with Crippen LogP contribution in [0.1, 0.15) is 13.3 Å². The number of ether oxygens (including phenoxy) is 1. The minimum absolute atomic E-state index is 0.207. The third-order valence-corrected chi connectivity index (χ3v) is 4.94. The molecule has 1 aliphatic heterocycles. The zero-order valence-electron chi connectivity index (χ0n) is 14.6. The van der Waals surface area contributed by atoms with Crippen LogP contribution in [-0.2, 0) is 0 Å². The Balaban J connectivity index is 1.42. The number of furan rings is 1. The predicted molar refractivity (Wildman–Crippen MR) is 99.3 cm³/mol. The van der Waals surface area contributed by atoms with Crippen LogP contribution in [-0.4, -0.2) is 45.2 Å². The van der Waals surface area contributed by atoms with Crippen LogP contribution in [0.25, 0.3) is 28.1 Å². The van der Waals surface area contributed by atoms with Gasteiger partial charge in [-0.25, -0.2) is 9.50 Å². The quantitative estimate of drug-likeness (QED) is 0.564. The lowest BCUT2D eigenvalue weighted by Crippen LogP contribution is -2.24.